The number of aliphatic hydroxyl groups excluding tert-OH is 1. The Morgan fingerprint density at radius 3 is 2.86 bits per heavy atom. The molecule has 150 valence electrons. The zero-order valence-corrected chi connectivity index (χ0v) is 15.9. The second-order valence-corrected chi connectivity index (χ2v) is 8.43. The summed E-state index contributed by atoms with van der Waals surface area (Å²) in [5.41, 5.74) is 0.915. The lowest BCUT2D eigenvalue weighted by Crippen LogP contribution is -2.66. The lowest BCUT2D eigenvalue weighted by molar-refractivity contribution is -0.158. The first-order valence-electron chi connectivity index (χ1n) is 10.2. The van der Waals surface area contributed by atoms with Gasteiger partial charge in [-0.05, 0) is 48.8 Å². The van der Waals surface area contributed by atoms with Crippen LogP contribution in [0.4, 0.5) is 0 Å². The second kappa shape index (κ2) is 6.95. The summed E-state index contributed by atoms with van der Waals surface area (Å²) in [6.07, 6.45) is 3.79. The largest absolute Gasteiger partial charge is 0.454 e. The second-order valence-electron chi connectivity index (χ2n) is 8.43. The number of nitrogens with zero attached hydrogens (tertiary/aromatic N) is 2. The summed E-state index contributed by atoms with van der Waals surface area (Å²) in [6.45, 7) is 1.51. The van der Waals surface area contributed by atoms with Crippen molar-refractivity contribution in [1.82, 2.24) is 9.80 Å². The van der Waals surface area contributed by atoms with Gasteiger partial charge in [-0.3, -0.25) is 9.59 Å². The highest BCUT2D eigenvalue weighted by molar-refractivity contribution is 5.80. The van der Waals surface area contributed by atoms with E-state index in [1.807, 2.05) is 28.0 Å². The molecular formula is C21H26N2O5. The zero-order chi connectivity index (χ0) is 19.3. The molecule has 4 aliphatic rings. The number of carbonyl (C=O) groups is 2. The maximum absolute atomic E-state index is 13.0. The van der Waals surface area contributed by atoms with Crippen molar-refractivity contribution in [1.29, 1.82) is 0 Å². The highest BCUT2D eigenvalue weighted by Gasteiger charge is 2.49. The van der Waals surface area contributed by atoms with Crippen LogP contribution >= 0.6 is 0 Å². The van der Waals surface area contributed by atoms with E-state index in [1.54, 1.807) is 0 Å². The van der Waals surface area contributed by atoms with Crippen molar-refractivity contribution in [3.63, 3.8) is 0 Å². The molecule has 0 aliphatic carbocycles. The molecule has 3 fully saturated rings. The Morgan fingerprint density at radius 2 is 2.00 bits per heavy atom. The first-order valence-corrected chi connectivity index (χ1v) is 10.2. The summed E-state index contributed by atoms with van der Waals surface area (Å²) in [5.74, 6) is 2.15. The van der Waals surface area contributed by atoms with E-state index in [1.165, 1.54) is 0 Å². The van der Waals surface area contributed by atoms with Gasteiger partial charge < -0.3 is 24.4 Å². The van der Waals surface area contributed by atoms with Gasteiger partial charge in [0.05, 0.1) is 19.1 Å². The van der Waals surface area contributed by atoms with Gasteiger partial charge in [0.2, 0.25) is 18.6 Å². The fraction of sp³-hybridized carbons (Fsp3) is 0.619. The summed E-state index contributed by atoms with van der Waals surface area (Å²) in [7, 11) is 0. The molecule has 1 N–H and O–H groups in total. The molecule has 1 aromatic rings. The van der Waals surface area contributed by atoms with Gasteiger partial charge in [-0.25, -0.2) is 0 Å². The van der Waals surface area contributed by atoms with Crippen molar-refractivity contribution in [3.8, 4) is 11.5 Å². The Kier molecular flexibility index (Phi) is 4.42. The summed E-state index contributed by atoms with van der Waals surface area (Å²) in [4.78, 5) is 29.4. The summed E-state index contributed by atoms with van der Waals surface area (Å²) < 4.78 is 10.7. The molecule has 0 spiro atoms. The number of piperidine rings is 3. The fourth-order valence-corrected chi connectivity index (χ4v) is 5.55. The van der Waals surface area contributed by atoms with Crippen LogP contribution in [0.5, 0.6) is 11.5 Å². The minimum Gasteiger partial charge on any atom is -0.454 e. The number of likely N-dealkylation sites (tertiary alicyclic amines) is 1. The Labute approximate surface area is 164 Å². The van der Waals surface area contributed by atoms with E-state index in [-0.39, 0.29) is 43.2 Å². The van der Waals surface area contributed by atoms with Crippen molar-refractivity contribution >= 4 is 11.8 Å². The van der Waals surface area contributed by atoms with Crippen molar-refractivity contribution in [2.24, 2.45) is 11.8 Å². The maximum atomic E-state index is 13.0. The molecule has 2 amide bonds. The van der Waals surface area contributed by atoms with E-state index < -0.39 is 0 Å². The fourth-order valence-electron chi connectivity index (χ4n) is 5.55. The van der Waals surface area contributed by atoms with Gasteiger partial charge in [0, 0.05) is 25.6 Å². The molecule has 4 heterocycles. The third-order valence-corrected chi connectivity index (χ3v) is 6.83. The molecule has 4 aliphatic heterocycles. The summed E-state index contributed by atoms with van der Waals surface area (Å²) >= 11 is 0. The Hall–Kier alpha value is -2.28. The third-order valence-electron chi connectivity index (χ3n) is 6.83. The predicted octanol–water partition coefficient (Wildman–Crippen LogP) is 1.18. The van der Waals surface area contributed by atoms with Gasteiger partial charge in [-0.2, -0.15) is 0 Å². The van der Waals surface area contributed by atoms with Crippen LogP contribution in [-0.2, 0) is 16.0 Å². The Balaban J connectivity index is 1.32. The lowest BCUT2D eigenvalue weighted by Gasteiger charge is -2.56. The SMILES string of the molecule is O=C(Cc1ccc2c(c1)OCO2)N1C[C@H]2C[C@@H](C1)[C@H](CO)N1C(=O)CCC[C@@H]21. The molecule has 2 bridgehead atoms. The van der Waals surface area contributed by atoms with Crippen LogP contribution in [0.25, 0.3) is 0 Å². The number of benzene rings is 1. The van der Waals surface area contributed by atoms with Gasteiger partial charge in [0.1, 0.15) is 0 Å². The van der Waals surface area contributed by atoms with E-state index in [9.17, 15) is 14.7 Å². The van der Waals surface area contributed by atoms with Crippen LogP contribution in [0.1, 0.15) is 31.2 Å². The third kappa shape index (κ3) is 2.92. The van der Waals surface area contributed by atoms with Crippen LogP contribution in [0, 0.1) is 11.8 Å². The average molecular weight is 386 g/mol. The van der Waals surface area contributed by atoms with Crippen LogP contribution in [0.15, 0.2) is 18.2 Å². The molecule has 5 rings (SSSR count). The molecule has 7 heteroatoms. The lowest BCUT2D eigenvalue weighted by atomic mass is 9.72. The van der Waals surface area contributed by atoms with Crippen LogP contribution < -0.4 is 9.47 Å². The molecule has 0 saturated carbocycles. The first-order chi connectivity index (χ1) is 13.6. The van der Waals surface area contributed by atoms with Gasteiger partial charge in [-0.1, -0.05) is 6.07 Å². The van der Waals surface area contributed by atoms with Crippen molar-refractivity contribution in [3.05, 3.63) is 23.8 Å². The summed E-state index contributed by atoms with van der Waals surface area (Å²) in [5, 5.41) is 9.99. The molecule has 1 aromatic carbocycles. The molecule has 7 nitrogen and oxygen atoms in total. The normalized spacial score (nSPS) is 31.0. The van der Waals surface area contributed by atoms with Crippen LogP contribution in [0.3, 0.4) is 0 Å². The average Bonchev–Trinajstić information content (AvgIpc) is 3.17. The standard InChI is InChI=1S/C21H26N2O5/c24-11-17-15-8-14(16-2-1-3-20(25)23(16)17)9-22(10-15)21(26)7-13-4-5-18-19(6-13)28-12-27-18/h4-6,14-17,24H,1-3,7-12H2/t14-,15+,16+,17+/m1/s1. The zero-order valence-electron chi connectivity index (χ0n) is 15.9. The number of carbonyl (C=O) groups excluding carboxylic acids is 2. The van der Waals surface area contributed by atoms with Gasteiger partial charge in [0.15, 0.2) is 11.5 Å². The molecule has 3 saturated heterocycles. The molecule has 0 unspecified atom stereocenters. The van der Waals surface area contributed by atoms with Gasteiger partial charge >= 0.3 is 0 Å². The van der Waals surface area contributed by atoms with Crippen molar-refractivity contribution in [2.45, 2.75) is 44.2 Å². The first kappa shape index (κ1) is 17.8. The van der Waals surface area contributed by atoms with E-state index in [0.29, 0.717) is 37.6 Å². The number of rotatable bonds is 3. The molecule has 4 atom stereocenters. The van der Waals surface area contributed by atoms with Crippen LogP contribution in [-0.4, -0.2) is 65.3 Å². The van der Waals surface area contributed by atoms with Crippen molar-refractivity contribution < 1.29 is 24.2 Å². The number of hydrogen-bond acceptors (Lipinski definition) is 5. The number of fused-ring (bicyclic) bond motifs is 5. The van der Waals surface area contributed by atoms with Crippen LogP contribution in [0.2, 0.25) is 0 Å². The highest BCUT2D eigenvalue weighted by atomic mass is 16.7. The highest BCUT2D eigenvalue weighted by Crippen LogP contribution is 2.41. The minimum absolute atomic E-state index is 0.0240. The molecule has 0 radical (unpaired) electrons. The molecule has 28 heavy (non-hydrogen) atoms. The quantitative estimate of drug-likeness (QED) is 0.844. The van der Waals surface area contributed by atoms with E-state index in [0.717, 1.165) is 30.6 Å². The Morgan fingerprint density at radius 1 is 1.18 bits per heavy atom. The molecule has 0 aromatic heterocycles. The van der Waals surface area contributed by atoms with E-state index >= 15 is 0 Å². The van der Waals surface area contributed by atoms with Gasteiger partial charge in [-0.15, -0.1) is 0 Å². The topological polar surface area (TPSA) is 79.3 Å². The molecular weight excluding hydrogens is 360 g/mol. The monoisotopic (exact) mass is 386 g/mol. The Bertz CT molecular complexity index is 783. The summed E-state index contributed by atoms with van der Waals surface area (Å²) in [6, 6.07) is 5.64. The van der Waals surface area contributed by atoms with E-state index in [2.05, 4.69) is 0 Å². The predicted molar refractivity (Wildman–Crippen MR) is 99.8 cm³/mol. The number of amides is 2. The van der Waals surface area contributed by atoms with E-state index in [4.69, 9.17) is 9.47 Å². The maximum Gasteiger partial charge on any atom is 0.231 e. The smallest absolute Gasteiger partial charge is 0.231 e. The van der Waals surface area contributed by atoms with Gasteiger partial charge in [0.25, 0.3) is 0 Å². The minimum atomic E-state index is -0.157. The number of aliphatic hydroxyl groups is 1. The number of ether oxygens (including phenoxy) is 2. The number of hydrogen-bond donors (Lipinski definition) is 1. The van der Waals surface area contributed by atoms with Crippen molar-refractivity contribution in [2.75, 3.05) is 26.5 Å².